The minimum Gasteiger partial charge on any atom is -0.315 e. The molecule has 8 heteroatoms. The Morgan fingerprint density at radius 1 is 1.42 bits per heavy atom. The maximum atomic E-state index is 12.3. The van der Waals surface area contributed by atoms with Gasteiger partial charge in [0.15, 0.2) is 4.21 Å². The minimum absolute atomic E-state index is 0.103. The van der Waals surface area contributed by atoms with Gasteiger partial charge in [0, 0.05) is 24.2 Å². The number of aromatic nitrogens is 1. The quantitative estimate of drug-likeness (QED) is 0.911. The minimum atomic E-state index is -3.58. The molecule has 1 N–H and O–H groups in total. The van der Waals surface area contributed by atoms with E-state index in [1.807, 2.05) is 17.5 Å². The summed E-state index contributed by atoms with van der Waals surface area (Å²) in [5, 5.41) is 1.96. The Kier molecular flexibility index (Phi) is 4.24. The largest absolute Gasteiger partial charge is 0.315 e. The van der Waals surface area contributed by atoms with E-state index in [4.69, 9.17) is 0 Å². The van der Waals surface area contributed by atoms with Crippen molar-refractivity contribution in [2.45, 2.75) is 17.6 Å². The third kappa shape index (κ3) is 3.14. The van der Waals surface area contributed by atoms with Gasteiger partial charge < -0.3 is 4.98 Å². The first-order valence-corrected chi connectivity index (χ1v) is 8.73. The Balaban J connectivity index is 2.15. The highest BCUT2D eigenvalue weighted by Crippen LogP contribution is 2.20. The van der Waals surface area contributed by atoms with E-state index in [9.17, 15) is 13.2 Å². The molecule has 0 saturated carbocycles. The second-order valence-electron chi connectivity index (χ2n) is 4.08. The number of nitrogens with zero attached hydrogens (tertiary/aromatic N) is 1. The van der Waals surface area contributed by atoms with Crippen LogP contribution in [0.25, 0.3) is 0 Å². The van der Waals surface area contributed by atoms with Gasteiger partial charge in [-0.05, 0) is 24.8 Å². The summed E-state index contributed by atoms with van der Waals surface area (Å²) in [7, 11) is -2.04. The average Bonchev–Trinajstić information content (AvgIpc) is 2.95. The summed E-state index contributed by atoms with van der Waals surface area (Å²) in [4.78, 5) is 14.5. The van der Waals surface area contributed by atoms with Crippen molar-refractivity contribution in [3.8, 4) is 0 Å². The molecule has 0 fully saturated rings. The molecule has 0 saturated heterocycles. The van der Waals surface area contributed by atoms with Crippen LogP contribution in [-0.4, -0.2) is 31.3 Å². The lowest BCUT2D eigenvalue weighted by atomic mass is 10.3. The van der Waals surface area contributed by atoms with Crippen molar-refractivity contribution >= 4 is 32.7 Å². The molecule has 0 spiro atoms. The Labute approximate surface area is 119 Å². The van der Waals surface area contributed by atoms with Gasteiger partial charge in [0.2, 0.25) is 0 Å². The molecule has 0 aliphatic heterocycles. The van der Waals surface area contributed by atoms with E-state index in [-0.39, 0.29) is 9.08 Å². The van der Waals surface area contributed by atoms with Gasteiger partial charge in [-0.15, -0.1) is 11.3 Å². The molecule has 19 heavy (non-hydrogen) atoms. The van der Waals surface area contributed by atoms with Crippen LogP contribution < -0.4 is 4.87 Å². The lowest BCUT2D eigenvalue weighted by molar-refractivity contribution is 0.474. The molecule has 0 bridgehead atoms. The molecular weight excluding hydrogens is 304 g/mol. The molecule has 0 radical (unpaired) electrons. The maximum absolute atomic E-state index is 12.3. The number of likely N-dealkylation sites (N-methyl/N-ethyl adjacent to an activating group) is 1. The zero-order valence-corrected chi connectivity index (χ0v) is 13.0. The monoisotopic (exact) mass is 318 g/mol. The van der Waals surface area contributed by atoms with Gasteiger partial charge in [-0.1, -0.05) is 17.4 Å². The molecule has 2 aromatic heterocycles. The number of H-pyrrole nitrogens is 1. The van der Waals surface area contributed by atoms with E-state index in [0.717, 1.165) is 16.2 Å². The van der Waals surface area contributed by atoms with Crippen molar-refractivity contribution in [1.82, 2.24) is 9.29 Å². The van der Waals surface area contributed by atoms with Crippen LogP contribution in [0.2, 0.25) is 0 Å². The zero-order valence-electron chi connectivity index (χ0n) is 10.5. The van der Waals surface area contributed by atoms with Crippen LogP contribution in [0.5, 0.6) is 0 Å². The number of thiophene rings is 1. The molecule has 2 aromatic rings. The molecule has 5 nitrogen and oxygen atoms in total. The summed E-state index contributed by atoms with van der Waals surface area (Å²) in [6.45, 7) is 1.99. The second kappa shape index (κ2) is 5.58. The molecule has 2 rings (SSSR count). The van der Waals surface area contributed by atoms with Crippen molar-refractivity contribution in [2.75, 3.05) is 13.6 Å². The van der Waals surface area contributed by atoms with Gasteiger partial charge >= 0.3 is 4.87 Å². The van der Waals surface area contributed by atoms with Gasteiger partial charge in [0.05, 0.1) is 0 Å². The predicted octanol–water partition coefficient (Wildman–Crippen LogP) is 1.67. The first-order chi connectivity index (χ1) is 8.91. The summed E-state index contributed by atoms with van der Waals surface area (Å²) in [5.74, 6) is 0. The highest BCUT2D eigenvalue weighted by atomic mass is 32.2. The highest BCUT2D eigenvalue weighted by Gasteiger charge is 2.25. The molecule has 104 valence electrons. The summed E-state index contributed by atoms with van der Waals surface area (Å²) in [5.41, 5.74) is 0.401. The SMILES string of the molecule is Cc1[nH]c(=O)sc1S(=O)(=O)N(C)CCc1cccs1. The summed E-state index contributed by atoms with van der Waals surface area (Å²) in [6.07, 6.45) is 0.672. The molecule has 0 aliphatic rings. The van der Waals surface area contributed by atoms with Gasteiger partial charge in [0.1, 0.15) is 0 Å². The van der Waals surface area contributed by atoms with Gasteiger partial charge in [-0.2, -0.15) is 4.31 Å². The third-order valence-electron chi connectivity index (χ3n) is 2.68. The third-order valence-corrected chi connectivity index (χ3v) is 7.05. The first kappa shape index (κ1) is 14.4. The van der Waals surface area contributed by atoms with E-state index in [1.165, 1.54) is 11.4 Å². The molecule has 0 unspecified atom stereocenters. The fourth-order valence-corrected chi connectivity index (χ4v) is 4.98. The number of hydrogen-bond acceptors (Lipinski definition) is 5. The number of hydrogen-bond donors (Lipinski definition) is 1. The number of aryl methyl sites for hydroxylation is 1. The molecular formula is C11H14N2O3S3. The lowest BCUT2D eigenvalue weighted by Gasteiger charge is -2.15. The molecule has 2 heterocycles. The Hall–Kier alpha value is -0.960. The van der Waals surface area contributed by atoms with E-state index in [1.54, 1.807) is 18.3 Å². The molecule has 0 atom stereocenters. The van der Waals surface area contributed by atoms with Crippen LogP contribution in [0.4, 0.5) is 0 Å². The number of nitrogens with one attached hydrogen (secondary N) is 1. The number of rotatable bonds is 5. The van der Waals surface area contributed by atoms with Crippen molar-refractivity contribution in [2.24, 2.45) is 0 Å². The van der Waals surface area contributed by atoms with Crippen molar-refractivity contribution in [3.63, 3.8) is 0 Å². The summed E-state index contributed by atoms with van der Waals surface area (Å²) in [6, 6.07) is 3.92. The number of aromatic amines is 1. The van der Waals surface area contributed by atoms with Crippen LogP contribution >= 0.6 is 22.7 Å². The van der Waals surface area contributed by atoms with Crippen LogP contribution in [0.1, 0.15) is 10.6 Å². The normalized spacial score (nSPS) is 12.2. The van der Waals surface area contributed by atoms with Crippen LogP contribution in [0, 0.1) is 6.92 Å². The predicted molar refractivity (Wildman–Crippen MR) is 77.5 cm³/mol. The van der Waals surface area contributed by atoms with Crippen molar-refractivity contribution in [3.05, 3.63) is 37.8 Å². The maximum Gasteiger partial charge on any atom is 0.305 e. The Bertz CT molecular complexity index is 698. The lowest BCUT2D eigenvalue weighted by Crippen LogP contribution is -2.28. The van der Waals surface area contributed by atoms with E-state index in [2.05, 4.69) is 4.98 Å². The second-order valence-corrected chi connectivity index (χ2v) is 8.34. The van der Waals surface area contributed by atoms with Crippen molar-refractivity contribution < 1.29 is 8.42 Å². The summed E-state index contributed by atoms with van der Waals surface area (Å²) >= 11 is 2.34. The van der Waals surface area contributed by atoms with Crippen LogP contribution in [0.3, 0.4) is 0 Å². The number of thiazole rings is 1. The number of sulfonamides is 1. The Morgan fingerprint density at radius 2 is 2.16 bits per heavy atom. The van der Waals surface area contributed by atoms with Gasteiger partial charge in [-0.25, -0.2) is 8.42 Å². The fourth-order valence-electron chi connectivity index (χ4n) is 1.62. The fraction of sp³-hybridized carbons (Fsp3) is 0.364. The molecule has 0 aliphatic carbocycles. The van der Waals surface area contributed by atoms with E-state index < -0.39 is 10.0 Å². The van der Waals surface area contributed by atoms with Crippen molar-refractivity contribution in [1.29, 1.82) is 0 Å². The highest BCUT2D eigenvalue weighted by molar-refractivity contribution is 7.91. The zero-order chi connectivity index (χ0) is 14.0. The van der Waals surface area contributed by atoms with E-state index in [0.29, 0.717) is 18.7 Å². The van der Waals surface area contributed by atoms with E-state index >= 15 is 0 Å². The van der Waals surface area contributed by atoms with Crippen LogP contribution in [-0.2, 0) is 16.4 Å². The summed E-state index contributed by atoms with van der Waals surface area (Å²) < 4.78 is 26.0. The van der Waals surface area contributed by atoms with Gasteiger partial charge in [0.25, 0.3) is 10.0 Å². The molecule has 0 amide bonds. The van der Waals surface area contributed by atoms with Gasteiger partial charge in [-0.3, -0.25) is 4.79 Å². The Morgan fingerprint density at radius 3 is 2.68 bits per heavy atom. The first-order valence-electron chi connectivity index (χ1n) is 5.59. The smallest absolute Gasteiger partial charge is 0.305 e. The standard InChI is InChI=1S/C11H14N2O3S3/c1-8-10(18-11(14)12-8)19(15,16)13(2)6-5-9-4-3-7-17-9/h3-4,7H,5-6H2,1-2H3,(H,12,14). The van der Waals surface area contributed by atoms with Crippen LogP contribution in [0.15, 0.2) is 26.5 Å². The topological polar surface area (TPSA) is 70.2 Å². The average molecular weight is 318 g/mol. The molecule has 0 aromatic carbocycles.